The lowest BCUT2D eigenvalue weighted by Crippen LogP contribution is -2.14. The van der Waals surface area contributed by atoms with Crippen LogP contribution in [0.15, 0.2) is 29.2 Å². The number of hydrogen-bond acceptors (Lipinski definition) is 5. The van der Waals surface area contributed by atoms with Crippen molar-refractivity contribution < 1.29 is 18.6 Å². The van der Waals surface area contributed by atoms with E-state index in [-0.39, 0.29) is 12.4 Å². The van der Waals surface area contributed by atoms with Crippen LogP contribution in [0.2, 0.25) is 0 Å². The number of nitrogens with two attached hydrogens (primary N) is 1. The quantitative estimate of drug-likeness (QED) is 0.712. The summed E-state index contributed by atoms with van der Waals surface area (Å²) in [6.07, 6.45) is 0. The molecule has 1 unspecified atom stereocenters. The standard InChI is InChI=1S/C10H15NO3S.CH4O/c1-2-15(13,14)9-5-3-8(4-6-9)10(11)7-12;1-2/h3-6,10,12H,2,7,11H2,1H3;2H,1H3. The summed E-state index contributed by atoms with van der Waals surface area (Å²) < 4.78 is 22.9. The molecule has 4 N–H and O–H groups in total. The minimum absolute atomic E-state index is 0.0817. The van der Waals surface area contributed by atoms with Gasteiger partial charge >= 0.3 is 0 Å². The van der Waals surface area contributed by atoms with Crippen molar-refractivity contribution in [2.24, 2.45) is 5.73 Å². The lowest BCUT2D eigenvalue weighted by molar-refractivity contribution is 0.268. The van der Waals surface area contributed by atoms with Crippen molar-refractivity contribution in [1.82, 2.24) is 0 Å². The summed E-state index contributed by atoms with van der Waals surface area (Å²) >= 11 is 0. The van der Waals surface area contributed by atoms with Gasteiger partial charge in [-0.05, 0) is 17.7 Å². The second-order valence-corrected chi connectivity index (χ2v) is 5.54. The number of hydrogen-bond donors (Lipinski definition) is 3. The van der Waals surface area contributed by atoms with E-state index in [4.69, 9.17) is 15.9 Å². The fourth-order valence-corrected chi connectivity index (χ4v) is 2.08. The smallest absolute Gasteiger partial charge is 0.178 e. The van der Waals surface area contributed by atoms with E-state index >= 15 is 0 Å². The number of aliphatic hydroxyl groups excluding tert-OH is 2. The highest BCUT2D eigenvalue weighted by atomic mass is 32.2. The maximum atomic E-state index is 11.5. The molecule has 1 atom stereocenters. The lowest BCUT2D eigenvalue weighted by Gasteiger charge is -2.09. The van der Waals surface area contributed by atoms with Gasteiger partial charge in [-0.25, -0.2) is 8.42 Å². The van der Waals surface area contributed by atoms with Crippen LogP contribution in [-0.4, -0.2) is 38.1 Å². The molecule has 0 aromatic heterocycles. The Kier molecular flexibility index (Phi) is 6.98. The monoisotopic (exact) mass is 261 g/mol. The Labute approximate surface area is 102 Å². The number of sulfone groups is 1. The van der Waals surface area contributed by atoms with E-state index in [0.717, 1.165) is 12.7 Å². The molecular formula is C11H19NO4S. The minimum atomic E-state index is -3.15. The third-order valence-corrected chi connectivity index (χ3v) is 3.99. The molecule has 5 nitrogen and oxygen atoms in total. The molecule has 0 aliphatic rings. The second kappa shape index (κ2) is 7.39. The van der Waals surface area contributed by atoms with Crippen molar-refractivity contribution in [2.75, 3.05) is 19.5 Å². The maximum absolute atomic E-state index is 11.5. The predicted molar refractivity (Wildman–Crippen MR) is 66.3 cm³/mol. The van der Waals surface area contributed by atoms with Crippen LogP contribution >= 0.6 is 0 Å². The summed E-state index contributed by atoms with van der Waals surface area (Å²) in [6.45, 7) is 1.45. The molecule has 0 bridgehead atoms. The summed E-state index contributed by atoms with van der Waals surface area (Å²) in [5.41, 5.74) is 6.32. The normalized spacial score (nSPS) is 12.5. The van der Waals surface area contributed by atoms with Crippen LogP contribution in [0.4, 0.5) is 0 Å². The van der Waals surface area contributed by atoms with Crippen molar-refractivity contribution in [2.45, 2.75) is 17.9 Å². The van der Waals surface area contributed by atoms with E-state index in [9.17, 15) is 8.42 Å². The highest BCUT2D eigenvalue weighted by molar-refractivity contribution is 7.91. The van der Waals surface area contributed by atoms with E-state index in [0.29, 0.717) is 4.90 Å². The van der Waals surface area contributed by atoms with E-state index < -0.39 is 15.9 Å². The van der Waals surface area contributed by atoms with Crippen LogP contribution in [0.3, 0.4) is 0 Å². The van der Waals surface area contributed by atoms with E-state index in [1.165, 1.54) is 12.1 Å². The molecule has 0 heterocycles. The van der Waals surface area contributed by atoms with Crippen molar-refractivity contribution in [1.29, 1.82) is 0 Å². The zero-order valence-electron chi connectivity index (χ0n) is 10.00. The van der Waals surface area contributed by atoms with Crippen LogP contribution < -0.4 is 5.73 Å². The molecule has 1 rings (SSSR count). The Hall–Kier alpha value is -0.950. The van der Waals surface area contributed by atoms with Gasteiger partial charge in [-0.1, -0.05) is 19.1 Å². The Bertz CT molecular complexity index is 414. The summed E-state index contributed by atoms with van der Waals surface area (Å²) in [5.74, 6) is 0.0817. The average molecular weight is 261 g/mol. The summed E-state index contributed by atoms with van der Waals surface area (Å²) in [6, 6.07) is 5.84. The Balaban J connectivity index is 0.00000121. The van der Waals surface area contributed by atoms with Gasteiger partial charge in [0.1, 0.15) is 0 Å². The van der Waals surface area contributed by atoms with Gasteiger partial charge in [0.2, 0.25) is 0 Å². The van der Waals surface area contributed by atoms with Crippen molar-refractivity contribution in [3.05, 3.63) is 29.8 Å². The van der Waals surface area contributed by atoms with Crippen LogP contribution in [0.1, 0.15) is 18.5 Å². The molecule has 0 amide bonds. The van der Waals surface area contributed by atoms with Crippen LogP contribution in [-0.2, 0) is 9.84 Å². The van der Waals surface area contributed by atoms with Gasteiger partial charge in [-0.2, -0.15) is 0 Å². The molecule has 1 aromatic carbocycles. The van der Waals surface area contributed by atoms with Crippen molar-refractivity contribution in [3.8, 4) is 0 Å². The Morgan fingerprint density at radius 3 is 2.06 bits per heavy atom. The third-order valence-electron chi connectivity index (χ3n) is 2.24. The molecule has 0 radical (unpaired) electrons. The molecule has 0 saturated heterocycles. The van der Waals surface area contributed by atoms with Gasteiger partial charge < -0.3 is 15.9 Å². The summed E-state index contributed by atoms with van der Waals surface area (Å²) in [5, 5.41) is 15.8. The van der Waals surface area contributed by atoms with Crippen molar-refractivity contribution >= 4 is 9.84 Å². The molecule has 0 fully saturated rings. The maximum Gasteiger partial charge on any atom is 0.178 e. The molecule has 0 spiro atoms. The van der Waals surface area contributed by atoms with Crippen LogP contribution in [0.5, 0.6) is 0 Å². The Morgan fingerprint density at radius 1 is 1.24 bits per heavy atom. The minimum Gasteiger partial charge on any atom is -0.400 e. The molecule has 1 aromatic rings. The second-order valence-electron chi connectivity index (χ2n) is 3.26. The zero-order valence-corrected chi connectivity index (χ0v) is 10.8. The molecule has 17 heavy (non-hydrogen) atoms. The highest BCUT2D eigenvalue weighted by Gasteiger charge is 2.12. The first-order valence-electron chi connectivity index (χ1n) is 5.15. The molecule has 0 saturated carbocycles. The third kappa shape index (κ3) is 4.43. The highest BCUT2D eigenvalue weighted by Crippen LogP contribution is 2.15. The molecule has 0 aliphatic carbocycles. The van der Waals surface area contributed by atoms with Gasteiger partial charge in [0.15, 0.2) is 9.84 Å². The van der Waals surface area contributed by atoms with Gasteiger partial charge in [-0.3, -0.25) is 0 Å². The fraction of sp³-hybridized carbons (Fsp3) is 0.455. The zero-order chi connectivity index (χ0) is 13.5. The largest absolute Gasteiger partial charge is 0.400 e. The number of aliphatic hydroxyl groups is 2. The van der Waals surface area contributed by atoms with E-state index in [1.807, 2.05) is 0 Å². The lowest BCUT2D eigenvalue weighted by atomic mass is 10.1. The predicted octanol–water partition coefficient (Wildman–Crippen LogP) is 0.0808. The average Bonchev–Trinajstić information content (AvgIpc) is 2.40. The first kappa shape index (κ1) is 16.1. The van der Waals surface area contributed by atoms with Gasteiger partial charge in [-0.15, -0.1) is 0 Å². The fourth-order valence-electron chi connectivity index (χ4n) is 1.19. The molecule has 0 aliphatic heterocycles. The van der Waals surface area contributed by atoms with Crippen molar-refractivity contribution in [3.63, 3.8) is 0 Å². The van der Waals surface area contributed by atoms with E-state index in [2.05, 4.69) is 0 Å². The summed E-state index contributed by atoms with van der Waals surface area (Å²) in [4.78, 5) is 0.291. The van der Waals surface area contributed by atoms with E-state index in [1.54, 1.807) is 19.1 Å². The first-order valence-corrected chi connectivity index (χ1v) is 6.80. The van der Waals surface area contributed by atoms with Gasteiger partial charge in [0.05, 0.1) is 23.3 Å². The SMILES string of the molecule is CCS(=O)(=O)c1ccc(C(N)CO)cc1.CO. The molecular weight excluding hydrogens is 242 g/mol. The summed E-state index contributed by atoms with van der Waals surface area (Å²) in [7, 11) is -2.15. The number of benzene rings is 1. The first-order chi connectivity index (χ1) is 8.01. The van der Waals surface area contributed by atoms with Gasteiger partial charge in [0.25, 0.3) is 0 Å². The topological polar surface area (TPSA) is 101 Å². The number of rotatable bonds is 4. The van der Waals surface area contributed by atoms with Crippen LogP contribution in [0.25, 0.3) is 0 Å². The molecule has 98 valence electrons. The van der Waals surface area contributed by atoms with Gasteiger partial charge in [0, 0.05) is 7.11 Å². The molecule has 6 heteroatoms. The Morgan fingerprint density at radius 2 is 1.71 bits per heavy atom. The van der Waals surface area contributed by atoms with Crippen LogP contribution in [0, 0.1) is 0 Å².